The third-order valence-corrected chi connectivity index (χ3v) is 6.42. The van der Waals surface area contributed by atoms with Crippen LogP contribution in [0.15, 0.2) is 108 Å². The largest absolute Gasteiger partial charge is 0.416 e. The smallest absolute Gasteiger partial charge is 0.361 e. The molecule has 0 bridgehead atoms. The molecule has 0 radical (unpaired) electrons. The monoisotopic (exact) mass is 485 g/mol. The van der Waals surface area contributed by atoms with Gasteiger partial charge < -0.3 is 9.88 Å². The van der Waals surface area contributed by atoms with Gasteiger partial charge in [-0.05, 0) is 48.5 Å². The van der Waals surface area contributed by atoms with E-state index in [0.29, 0.717) is 17.1 Å². The van der Waals surface area contributed by atoms with E-state index in [1.807, 2.05) is 65.7 Å². The van der Waals surface area contributed by atoms with Gasteiger partial charge in [-0.15, -0.1) is 0 Å². The van der Waals surface area contributed by atoms with Crippen LogP contribution in [0.25, 0.3) is 10.9 Å². The zero-order chi connectivity index (χ0) is 24.9. The number of aliphatic imine (C=N–C) groups is 1. The highest BCUT2D eigenvalue weighted by molar-refractivity contribution is 6.13. The number of hydrogen-bond donors (Lipinski definition) is 1. The van der Waals surface area contributed by atoms with Crippen molar-refractivity contribution in [3.63, 3.8) is 0 Å². The number of aromatic amines is 1. The normalized spacial score (nSPS) is 15.6. The zero-order valence-corrected chi connectivity index (χ0v) is 18.8. The van der Waals surface area contributed by atoms with Crippen LogP contribution in [0.3, 0.4) is 0 Å². The van der Waals surface area contributed by atoms with Crippen LogP contribution in [-0.4, -0.2) is 10.8 Å². The third-order valence-electron chi connectivity index (χ3n) is 6.42. The fraction of sp³-hybridized carbons (Fsp3) is 0.0690. The van der Waals surface area contributed by atoms with Gasteiger partial charge in [0.2, 0.25) is 0 Å². The van der Waals surface area contributed by atoms with Gasteiger partial charge in [-0.25, -0.2) is 9.38 Å². The minimum atomic E-state index is -4.44. The Hall–Kier alpha value is -4.39. The highest BCUT2D eigenvalue weighted by Crippen LogP contribution is 2.44. The van der Waals surface area contributed by atoms with Crippen molar-refractivity contribution in [3.05, 3.63) is 131 Å². The predicted octanol–water partition coefficient (Wildman–Crippen LogP) is 8.01. The number of anilines is 1. The first kappa shape index (κ1) is 22.1. The fourth-order valence-corrected chi connectivity index (χ4v) is 4.77. The van der Waals surface area contributed by atoms with E-state index in [0.717, 1.165) is 39.8 Å². The van der Waals surface area contributed by atoms with E-state index in [9.17, 15) is 17.6 Å². The Labute approximate surface area is 204 Å². The number of alkyl halides is 3. The summed E-state index contributed by atoms with van der Waals surface area (Å²) in [5.41, 5.74) is 3.85. The molecule has 36 heavy (non-hydrogen) atoms. The standard InChI is InChI=1S/C29H19F4N3/c30-20-14-15-25-23(16-20)24(17-34-25)27-22-8-4-5-9-26(22)35-28(36(27)21-6-2-1-3-7-21)18-10-12-19(13-11-18)29(31,32)33/h1-17,27,34H. The van der Waals surface area contributed by atoms with Crippen LogP contribution >= 0.6 is 0 Å². The summed E-state index contributed by atoms with van der Waals surface area (Å²) >= 11 is 0. The summed E-state index contributed by atoms with van der Waals surface area (Å²) in [4.78, 5) is 10.1. The fourth-order valence-electron chi connectivity index (χ4n) is 4.77. The van der Waals surface area contributed by atoms with Gasteiger partial charge >= 0.3 is 6.18 Å². The molecule has 1 atom stereocenters. The van der Waals surface area contributed by atoms with Crippen LogP contribution in [0.4, 0.5) is 28.9 Å². The quantitative estimate of drug-likeness (QED) is 0.258. The second kappa shape index (κ2) is 8.37. The molecule has 6 rings (SSSR count). The molecule has 0 amide bonds. The Morgan fingerprint density at radius 3 is 2.25 bits per heavy atom. The molecule has 0 fully saturated rings. The Morgan fingerprint density at radius 2 is 1.50 bits per heavy atom. The number of aromatic nitrogens is 1. The lowest BCUT2D eigenvalue weighted by molar-refractivity contribution is -0.137. The van der Waals surface area contributed by atoms with Gasteiger partial charge in [-0.2, -0.15) is 13.2 Å². The molecule has 0 aliphatic carbocycles. The molecule has 0 saturated heterocycles. The van der Waals surface area contributed by atoms with Gasteiger partial charge in [0.05, 0.1) is 17.3 Å². The summed E-state index contributed by atoms with van der Waals surface area (Å²) in [7, 11) is 0. The molecule has 4 aromatic carbocycles. The Balaban J connectivity index is 1.61. The number of nitrogens with one attached hydrogen (secondary N) is 1. The second-order valence-corrected chi connectivity index (χ2v) is 8.61. The van der Waals surface area contributed by atoms with E-state index >= 15 is 0 Å². The van der Waals surface area contributed by atoms with Crippen LogP contribution in [0.5, 0.6) is 0 Å². The first-order valence-corrected chi connectivity index (χ1v) is 11.4. The molecule has 0 spiro atoms. The molecule has 0 saturated carbocycles. The van der Waals surface area contributed by atoms with Crippen LogP contribution in [0, 0.1) is 5.82 Å². The number of nitrogens with zero attached hydrogens (tertiary/aromatic N) is 2. The molecule has 1 aliphatic rings. The van der Waals surface area contributed by atoms with Crippen molar-refractivity contribution in [1.29, 1.82) is 0 Å². The number of halogens is 4. The molecule has 1 aromatic heterocycles. The van der Waals surface area contributed by atoms with Crippen molar-refractivity contribution in [3.8, 4) is 0 Å². The molecular formula is C29H19F4N3. The minimum Gasteiger partial charge on any atom is -0.361 e. The maximum atomic E-state index is 14.3. The van der Waals surface area contributed by atoms with Crippen LogP contribution < -0.4 is 4.90 Å². The van der Waals surface area contributed by atoms with E-state index < -0.39 is 17.8 Å². The van der Waals surface area contributed by atoms with Crippen LogP contribution in [0.1, 0.15) is 28.3 Å². The average Bonchev–Trinajstić information content (AvgIpc) is 3.30. The lowest BCUT2D eigenvalue weighted by atomic mass is 9.92. The molecule has 1 N–H and O–H groups in total. The van der Waals surface area contributed by atoms with E-state index in [4.69, 9.17) is 4.99 Å². The number of para-hydroxylation sites is 2. The number of rotatable bonds is 3. The summed E-state index contributed by atoms with van der Waals surface area (Å²) in [5.74, 6) is 0.153. The first-order valence-electron chi connectivity index (χ1n) is 11.4. The van der Waals surface area contributed by atoms with Crippen molar-refractivity contribution in [2.75, 3.05) is 4.90 Å². The molecule has 1 unspecified atom stereocenters. The number of benzene rings is 4. The molecule has 7 heteroatoms. The van der Waals surface area contributed by atoms with Crippen molar-refractivity contribution in [1.82, 2.24) is 4.98 Å². The molecule has 2 heterocycles. The summed E-state index contributed by atoms with van der Waals surface area (Å²) < 4.78 is 54.1. The molecule has 1 aliphatic heterocycles. The number of H-pyrrole nitrogens is 1. The number of fused-ring (bicyclic) bond motifs is 2. The van der Waals surface area contributed by atoms with Crippen LogP contribution in [0.2, 0.25) is 0 Å². The Morgan fingerprint density at radius 1 is 0.778 bits per heavy atom. The average molecular weight is 485 g/mol. The van der Waals surface area contributed by atoms with E-state index in [-0.39, 0.29) is 5.82 Å². The predicted molar refractivity (Wildman–Crippen MR) is 133 cm³/mol. The number of hydrogen-bond acceptors (Lipinski definition) is 2. The zero-order valence-electron chi connectivity index (χ0n) is 18.8. The van der Waals surface area contributed by atoms with Gasteiger partial charge in [0.1, 0.15) is 11.7 Å². The summed E-state index contributed by atoms with van der Waals surface area (Å²) in [6, 6.07) is 26.4. The molecule has 178 valence electrons. The highest BCUT2D eigenvalue weighted by atomic mass is 19.4. The Kier molecular flexibility index (Phi) is 5.14. The highest BCUT2D eigenvalue weighted by Gasteiger charge is 2.35. The van der Waals surface area contributed by atoms with Crippen LogP contribution in [-0.2, 0) is 6.18 Å². The second-order valence-electron chi connectivity index (χ2n) is 8.61. The summed E-state index contributed by atoms with van der Waals surface area (Å²) in [6.07, 6.45) is -2.58. The SMILES string of the molecule is Fc1ccc2[nH]cc(C3c4ccccc4N=C(c4ccc(C(F)(F)F)cc4)N3c3ccccc3)c2c1. The maximum Gasteiger partial charge on any atom is 0.416 e. The number of amidine groups is 1. The van der Waals surface area contributed by atoms with E-state index in [1.165, 1.54) is 24.3 Å². The molecular weight excluding hydrogens is 466 g/mol. The minimum absolute atomic E-state index is 0.352. The lowest BCUT2D eigenvalue weighted by Crippen LogP contribution is -2.38. The van der Waals surface area contributed by atoms with Crippen molar-refractivity contribution >= 4 is 28.1 Å². The summed E-state index contributed by atoms with van der Waals surface area (Å²) in [5, 5.41) is 0.726. The lowest BCUT2D eigenvalue weighted by Gasteiger charge is -2.38. The van der Waals surface area contributed by atoms with Crippen molar-refractivity contribution < 1.29 is 17.6 Å². The van der Waals surface area contributed by atoms with E-state index in [2.05, 4.69) is 4.98 Å². The maximum absolute atomic E-state index is 14.3. The van der Waals surface area contributed by atoms with Gasteiger partial charge in [0.25, 0.3) is 0 Å². The summed E-state index contributed by atoms with van der Waals surface area (Å²) in [6.45, 7) is 0. The molecule has 5 aromatic rings. The first-order chi connectivity index (χ1) is 17.4. The van der Waals surface area contributed by atoms with E-state index in [1.54, 1.807) is 6.07 Å². The van der Waals surface area contributed by atoms with Gasteiger partial charge in [-0.3, -0.25) is 0 Å². The third kappa shape index (κ3) is 3.73. The van der Waals surface area contributed by atoms with Gasteiger partial charge in [0, 0.05) is 39.5 Å². The topological polar surface area (TPSA) is 31.4 Å². The van der Waals surface area contributed by atoms with Crippen molar-refractivity contribution in [2.24, 2.45) is 4.99 Å². The van der Waals surface area contributed by atoms with Gasteiger partial charge in [0.15, 0.2) is 0 Å². The van der Waals surface area contributed by atoms with Gasteiger partial charge in [-0.1, -0.05) is 48.5 Å². The Bertz CT molecular complexity index is 1580. The molecule has 3 nitrogen and oxygen atoms in total. The van der Waals surface area contributed by atoms with Crippen molar-refractivity contribution in [2.45, 2.75) is 12.2 Å².